The van der Waals surface area contributed by atoms with E-state index in [-0.39, 0.29) is 17.0 Å². The van der Waals surface area contributed by atoms with Gasteiger partial charge in [0.05, 0.1) is 29.5 Å². The van der Waals surface area contributed by atoms with Crippen molar-refractivity contribution in [1.29, 1.82) is 0 Å². The van der Waals surface area contributed by atoms with Crippen LogP contribution < -0.4 is 15.0 Å². The predicted octanol–water partition coefficient (Wildman–Crippen LogP) is 2.00. The van der Waals surface area contributed by atoms with Gasteiger partial charge >= 0.3 is 0 Å². The number of hydrogen-bond acceptors (Lipinski definition) is 7. The summed E-state index contributed by atoms with van der Waals surface area (Å²) in [6.45, 7) is 3.76. The van der Waals surface area contributed by atoms with Crippen LogP contribution in [0, 0.1) is 10.1 Å². The SMILES string of the molecule is COc1ccc([N+](=O)[O-])cc1C(=O)Nc1ccc(N2CCN(C)CC2)nc1. The maximum absolute atomic E-state index is 12.5. The van der Waals surface area contributed by atoms with Gasteiger partial charge in [-0.1, -0.05) is 0 Å². The molecule has 1 amide bonds. The number of nitrogens with zero attached hydrogens (tertiary/aromatic N) is 4. The van der Waals surface area contributed by atoms with E-state index in [0.29, 0.717) is 5.69 Å². The third kappa shape index (κ3) is 4.32. The zero-order valence-electron chi connectivity index (χ0n) is 15.2. The lowest BCUT2D eigenvalue weighted by Gasteiger charge is -2.33. The number of amides is 1. The molecule has 0 aliphatic carbocycles. The van der Waals surface area contributed by atoms with Crippen molar-refractivity contribution in [3.63, 3.8) is 0 Å². The fourth-order valence-corrected chi connectivity index (χ4v) is 2.87. The summed E-state index contributed by atoms with van der Waals surface area (Å²) in [6.07, 6.45) is 1.58. The van der Waals surface area contributed by atoms with E-state index in [1.807, 2.05) is 6.07 Å². The standard InChI is InChI=1S/C18H21N5O4/c1-21-7-9-22(10-8-21)17-6-3-13(12-19-17)20-18(24)15-11-14(23(25)26)4-5-16(15)27-2/h3-6,11-12H,7-10H2,1-2H3,(H,20,24). The van der Waals surface area contributed by atoms with Crippen LogP contribution in [0.3, 0.4) is 0 Å². The summed E-state index contributed by atoms with van der Waals surface area (Å²) in [4.78, 5) is 31.8. The molecule has 1 aromatic heterocycles. The van der Waals surface area contributed by atoms with Crippen molar-refractivity contribution in [1.82, 2.24) is 9.88 Å². The molecule has 1 aliphatic rings. The number of hydrogen-bond donors (Lipinski definition) is 1. The molecule has 2 aromatic rings. The molecule has 2 heterocycles. The first-order valence-electron chi connectivity index (χ1n) is 8.51. The van der Waals surface area contributed by atoms with E-state index in [1.165, 1.54) is 25.3 Å². The lowest BCUT2D eigenvalue weighted by Crippen LogP contribution is -2.44. The third-order valence-corrected chi connectivity index (χ3v) is 4.47. The van der Waals surface area contributed by atoms with E-state index in [4.69, 9.17) is 4.74 Å². The first-order valence-corrected chi connectivity index (χ1v) is 8.51. The van der Waals surface area contributed by atoms with Gasteiger partial charge in [0.2, 0.25) is 0 Å². The molecule has 9 heteroatoms. The van der Waals surface area contributed by atoms with Gasteiger partial charge in [-0.2, -0.15) is 0 Å². The predicted molar refractivity (Wildman–Crippen MR) is 102 cm³/mol. The van der Waals surface area contributed by atoms with Crippen LogP contribution in [0.25, 0.3) is 0 Å². The molecule has 1 fully saturated rings. The number of benzene rings is 1. The number of aromatic nitrogens is 1. The molecule has 27 heavy (non-hydrogen) atoms. The highest BCUT2D eigenvalue weighted by Crippen LogP contribution is 2.25. The van der Waals surface area contributed by atoms with E-state index >= 15 is 0 Å². The highest BCUT2D eigenvalue weighted by atomic mass is 16.6. The Hall–Kier alpha value is -3.20. The maximum atomic E-state index is 12.5. The first-order chi connectivity index (χ1) is 13.0. The molecular formula is C18H21N5O4. The lowest BCUT2D eigenvalue weighted by molar-refractivity contribution is -0.384. The molecule has 0 unspecified atom stereocenters. The lowest BCUT2D eigenvalue weighted by atomic mass is 10.1. The van der Waals surface area contributed by atoms with Gasteiger partial charge in [-0.25, -0.2) is 4.98 Å². The number of non-ortho nitro benzene ring substituents is 1. The number of carbonyl (C=O) groups is 1. The van der Waals surface area contributed by atoms with Gasteiger partial charge in [0.15, 0.2) is 0 Å². The molecule has 1 aliphatic heterocycles. The van der Waals surface area contributed by atoms with Crippen molar-refractivity contribution in [3.05, 3.63) is 52.2 Å². The van der Waals surface area contributed by atoms with Crippen LogP contribution in [0.2, 0.25) is 0 Å². The smallest absolute Gasteiger partial charge is 0.270 e. The van der Waals surface area contributed by atoms with Crippen molar-refractivity contribution in [2.75, 3.05) is 50.6 Å². The zero-order chi connectivity index (χ0) is 19.4. The number of ether oxygens (including phenoxy) is 1. The average molecular weight is 371 g/mol. The normalized spacial score (nSPS) is 14.7. The Labute approximate surface area is 156 Å². The van der Waals surface area contributed by atoms with Gasteiger partial charge in [0.25, 0.3) is 11.6 Å². The Morgan fingerprint density at radius 2 is 1.96 bits per heavy atom. The summed E-state index contributed by atoms with van der Waals surface area (Å²) in [5.41, 5.74) is 0.422. The largest absolute Gasteiger partial charge is 0.496 e. The van der Waals surface area contributed by atoms with Crippen molar-refractivity contribution >= 4 is 23.1 Å². The number of nitro groups is 1. The van der Waals surface area contributed by atoms with Crippen LogP contribution in [0.15, 0.2) is 36.5 Å². The second-order valence-corrected chi connectivity index (χ2v) is 6.29. The highest BCUT2D eigenvalue weighted by Gasteiger charge is 2.18. The van der Waals surface area contributed by atoms with Gasteiger partial charge in [0, 0.05) is 38.3 Å². The van der Waals surface area contributed by atoms with Gasteiger partial charge in [0.1, 0.15) is 11.6 Å². The van der Waals surface area contributed by atoms with Crippen LogP contribution in [-0.2, 0) is 0 Å². The number of nitro benzene ring substituents is 1. The first kappa shape index (κ1) is 18.6. The number of carbonyl (C=O) groups excluding carboxylic acids is 1. The minimum absolute atomic E-state index is 0.0924. The van der Waals surface area contributed by atoms with E-state index in [0.717, 1.165) is 32.0 Å². The number of nitrogens with one attached hydrogen (secondary N) is 1. The molecule has 9 nitrogen and oxygen atoms in total. The quantitative estimate of drug-likeness (QED) is 0.634. The summed E-state index contributed by atoms with van der Waals surface area (Å²) in [6, 6.07) is 7.51. The summed E-state index contributed by atoms with van der Waals surface area (Å²) in [5, 5.41) is 13.7. The van der Waals surface area contributed by atoms with Gasteiger partial charge < -0.3 is 19.9 Å². The Bertz CT molecular complexity index is 832. The second kappa shape index (κ2) is 8.00. The molecular weight excluding hydrogens is 350 g/mol. The number of methoxy groups -OCH3 is 1. The Morgan fingerprint density at radius 1 is 1.22 bits per heavy atom. The maximum Gasteiger partial charge on any atom is 0.270 e. The van der Waals surface area contributed by atoms with Crippen molar-refractivity contribution in [3.8, 4) is 5.75 Å². The van der Waals surface area contributed by atoms with Crippen LogP contribution >= 0.6 is 0 Å². The number of pyridine rings is 1. The Morgan fingerprint density at radius 3 is 2.56 bits per heavy atom. The number of anilines is 2. The van der Waals surface area contributed by atoms with E-state index in [2.05, 4.69) is 27.1 Å². The van der Waals surface area contributed by atoms with E-state index < -0.39 is 10.8 Å². The van der Waals surface area contributed by atoms with Gasteiger partial charge in [-0.15, -0.1) is 0 Å². The number of piperazine rings is 1. The van der Waals surface area contributed by atoms with Crippen LogP contribution in [0.1, 0.15) is 10.4 Å². The fraction of sp³-hybridized carbons (Fsp3) is 0.333. The molecule has 0 bridgehead atoms. The zero-order valence-corrected chi connectivity index (χ0v) is 15.2. The van der Waals surface area contributed by atoms with Gasteiger partial charge in [-0.05, 0) is 25.2 Å². The summed E-state index contributed by atoms with van der Waals surface area (Å²) in [5.74, 6) is 0.624. The molecule has 0 saturated carbocycles. The van der Waals surface area contributed by atoms with Crippen LogP contribution in [-0.4, -0.2) is 61.1 Å². The molecule has 142 valence electrons. The molecule has 0 radical (unpaired) electrons. The topological polar surface area (TPSA) is 101 Å². The molecule has 1 N–H and O–H groups in total. The highest BCUT2D eigenvalue weighted by molar-refractivity contribution is 6.06. The van der Waals surface area contributed by atoms with Crippen molar-refractivity contribution in [2.24, 2.45) is 0 Å². The van der Waals surface area contributed by atoms with Crippen molar-refractivity contribution < 1.29 is 14.5 Å². The molecule has 3 rings (SSSR count). The summed E-state index contributed by atoms with van der Waals surface area (Å²) in [7, 11) is 3.50. The average Bonchev–Trinajstić information content (AvgIpc) is 2.68. The van der Waals surface area contributed by atoms with E-state index in [1.54, 1.807) is 12.3 Å². The minimum atomic E-state index is -0.553. The Balaban J connectivity index is 1.73. The molecule has 0 spiro atoms. The number of rotatable bonds is 5. The monoisotopic (exact) mass is 371 g/mol. The summed E-state index contributed by atoms with van der Waals surface area (Å²) < 4.78 is 5.14. The minimum Gasteiger partial charge on any atom is -0.496 e. The molecule has 1 aromatic carbocycles. The summed E-state index contributed by atoms with van der Waals surface area (Å²) >= 11 is 0. The Kier molecular flexibility index (Phi) is 5.51. The van der Waals surface area contributed by atoms with Gasteiger partial charge in [-0.3, -0.25) is 14.9 Å². The van der Waals surface area contributed by atoms with Crippen LogP contribution in [0.5, 0.6) is 5.75 Å². The second-order valence-electron chi connectivity index (χ2n) is 6.29. The molecule has 1 saturated heterocycles. The third-order valence-electron chi connectivity index (χ3n) is 4.47. The fourth-order valence-electron chi connectivity index (χ4n) is 2.87. The van der Waals surface area contributed by atoms with Crippen LogP contribution in [0.4, 0.5) is 17.2 Å². The number of likely N-dealkylation sites (N-methyl/N-ethyl adjacent to an activating group) is 1. The van der Waals surface area contributed by atoms with E-state index in [9.17, 15) is 14.9 Å². The molecule has 0 atom stereocenters. The van der Waals surface area contributed by atoms with Crippen molar-refractivity contribution in [2.45, 2.75) is 0 Å².